The molecule has 4 aliphatic rings. The van der Waals surface area contributed by atoms with Crippen LogP contribution in [0.15, 0.2) is 6.07 Å². The number of methoxy groups -OCH3 is 1. The van der Waals surface area contributed by atoms with Crippen LogP contribution in [0, 0.1) is 11.3 Å². The summed E-state index contributed by atoms with van der Waals surface area (Å²) in [6.45, 7) is 8.68. The van der Waals surface area contributed by atoms with E-state index >= 15 is 0 Å². The molecule has 2 heterocycles. The Labute approximate surface area is 149 Å². The zero-order chi connectivity index (χ0) is 18.1. The van der Waals surface area contributed by atoms with Crippen LogP contribution in [-0.2, 0) is 14.9 Å². The summed E-state index contributed by atoms with van der Waals surface area (Å²) in [5.41, 5.74) is 2.10. The van der Waals surface area contributed by atoms with E-state index in [0.29, 0.717) is 5.75 Å². The van der Waals surface area contributed by atoms with Crippen molar-refractivity contribution in [1.82, 2.24) is 0 Å². The van der Waals surface area contributed by atoms with Crippen LogP contribution < -0.4 is 4.74 Å². The maximum atomic E-state index is 13.1. The topological polar surface area (TPSA) is 55.8 Å². The van der Waals surface area contributed by atoms with Gasteiger partial charge in [-0.05, 0) is 42.6 Å². The molecule has 2 aliphatic carbocycles. The molecule has 3 atom stereocenters. The number of ether oxygens (including phenoxy) is 2. The van der Waals surface area contributed by atoms with E-state index in [2.05, 4.69) is 33.8 Å². The van der Waals surface area contributed by atoms with Gasteiger partial charge in [-0.1, -0.05) is 34.1 Å². The molecule has 2 bridgehead atoms. The monoisotopic (exact) mass is 344 g/mol. The minimum Gasteiger partial charge on any atom is -0.504 e. The molecule has 136 valence electrons. The third-order valence-electron chi connectivity index (χ3n) is 6.93. The third-order valence-corrected chi connectivity index (χ3v) is 6.93. The van der Waals surface area contributed by atoms with Crippen molar-refractivity contribution in [2.75, 3.05) is 7.11 Å². The zero-order valence-electron chi connectivity index (χ0n) is 15.8. The minimum absolute atomic E-state index is 0.0595. The molecule has 0 amide bonds. The number of carbonyl (C=O) groups excluding carboxylic acids is 1. The van der Waals surface area contributed by atoms with Crippen LogP contribution in [0.1, 0.15) is 82.1 Å². The quantitative estimate of drug-likeness (QED) is 0.797. The lowest BCUT2D eigenvalue weighted by Crippen LogP contribution is -2.59. The maximum Gasteiger partial charge on any atom is 0.317 e. The summed E-state index contributed by atoms with van der Waals surface area (Å²) >= 11 is 0. The molecule has 0 unspecified atom stereocenters. The fraction of sp³-hybridized carbons (Fsp3) is 0.667. The Kier molecular flexibility index (Phi) is 3.45. The van der Waals surface area contributed by atoms with Crippen molar-refractivity contribution in [2.24, 2.45) is 11.3 Å². The van der Waals surface area contributed by atoms with Crippen molar-refractivity contribution in [3.8, 4) is 11.5 Å². The van der Waals surface area contributed by atoms with Crippen LogP contribution in [0.5, 0.6) is 11.5 Å². The van der Waals surface area contributed by atoms with Gasteiger partial charge in [0, 0.05) is 16.7 Å². The van der Waals surface area contributed by atoms with E-state index in [4.69, 9.17) is 9.47 Å². The molecule has 2 aliphatic heterocycles. The van der Waals surface area contributed by atoms with Crippen LogP contribution in [0.2, 0.25) is 0 Å². The lowest BCUT2D eigenvalue weighted by molar-refractivity contribution is -0.185. The fourth-order valence-electron chi connectivity index (χ4n) is 5.75. The largest absolute Gasteiger partial charge is 0.504 e. The van der Waals surface area contributed by atoms with Crippen molar-refractivity contribution in [3.05, 3.63) is 22.8 Å². The number of hydrogen-bond acceptors (Lipinski definition) is 4. The first-order valence-electron chi connectivity index (χ1n) is 9.39. The van der Waals surface area contributed by atoms with Crippen LogP contribution >= 0.6 is 0 Å². The molecule has 5 rings (SSSR count). The minimum atomic E-state index is -0.724. The molecule has 0 aromatic heterocycles. The van der Waals surface area contributed by atoms with Crippen molar-refractivity contribution in [2.45, 2.75) is 70.8 Å². The van der Waals surface area contributed by atoms with Gasteiger partial charge in [-0.2, -0.15) is 0 Å². The lowest BCUT2D eigenvalue weighted by Gasteiger charge is -2.58. The summed E-state index contributed by atoms with van der Waals surface area (Å²) < 4.78 is 11.4. The highest BCUT2D eigenvalue weighted by molar-refractivity contribution is 5.89. The Morgan fingerprint density at radius 1 is 1.32 bits per heavy atom. The van der Waals surface area contributed by atoms with Gasteiger partial charge in [0.25, 0.3) is 0 Å². The van der Waals surface area contributed by atoms with Gasteiger partial charge in [0.15, 0.2) is 11.5 Å². The molecule has 4 nitrogen and oxygen atoms in total. The van der Waals surface area contributed by atoms with E-state index in [1.54, 1.807) is 7.11 Å². The fourth-order valence-corrected chi connectivity index (χ4v) is 5.75. The van der Waals surface area contributed by atoms with E-state index in [9.17, 15) is 9.90 Å². The number of hydrogen-bond donors (Lipinski definition) is 1. The van der Waals surface area contributed by atoms with Gasteiger partial charge >= 0.3 is 5.97 Å². The van der Waals surface area contributed by atoms with Crippen molar-refractivity contribution in [1.29, 1.82) is 0 Å². The van der Waals surface area contributed by atoms with Gasteiger partial charge in [-0.15, -0.1) is 0 Å². The summed E-state index contributed by atoms with van der Waals surface area (Å²) in [6.07, 6.45) is 3.43. The predicted molar refractivity (Wildman–Crippen MR) is 95.0 cm³/mol. The van der Waals surface area contributed by atoms with Crippen LogP contribution in [0.3, 0.4) is 0 Å². The standard InChI is InChI=1S/C21H28O4/c1-11(2)12-9-13-14-10-15-20(3,4)7-6-8-21(15,19(23)25-14)16(13)17(22)18(12)24-5/h9,11,14-15,22H,6-8,10H2,1-5H3/t14-,15-,21+/m0/s1. The van der Waals surface area contributed by atoms with Crippen molar-refractivity contribution >= 4 is 5.97 Å². The van der Waals surface area contributed by atoms with Crippen LogP contribution in [0.25, 0.3) is 0 Å². The van der Waals surface area contributed by atoms with Crippen molar-refractivity contribution < 1.29 is 19.4 Å². The lowest BCUT2D eigenvalue weighted by atomic mass is 9.47. The number of fused-ring (bicyclic) bond motifs is 1. The first-order chi connectivity index (χ1) is 11.7. The molecular weight excluding hydrogens is 316 g/mol. The van der Waals surface area contributed by atoms with Crippen LogP contribution in [-0.4, -0.2) is 18.2 Å². The summed E-state index contributed by atoms with van der Waals surface area (Å²) in [4.78, 5) is 13.1. The molecule has 1 aromatic rings. The summed E-state index contributed by atoms with van der Waals surface area (Å²) in [7, 11) is 1.59. The molecule has 2 fully saturated rings. The second-order valence-electron chi connectivity index (χ2n) is 8.96. The predicted octanol–water partition coefficient (Wildman–Crippen LogP) is 4.59. The Balaban J connectivity index is 2.03. The molecule has 0 radical (unpaired) electrons. The van der Waals surface area contributed by atoms with E-state index in [-0.39, 0.29) is 35.1 Å². The first-order valence-corrected chi connectivity index (χ1v) is 9.39. The number of phenols is 1. The smallest absolute Gasteiger partial charge is 0.317 e. The first kappa shape index (κ1) is 16.7. The van der Waals surface area contributed by atoms with Gasteiger partial charge in [-0.25, -0.2) is 0 Å². The molecule has 1 saturated heterocycles. The average Bonchev–Trinajstić information content (AvgIpc) is 2.54. The van der Waals surface area contributed by atoms with Gasteiger partial charge in [0.2, 0.25) is 0 Å². The second kappa shape index (κ2) is 5.15. The molecule has 25 heavy (non-hydrogen) atoms. The number of phenolic OH excluding ortho intramolecular Hbond substituents is 1. The van der Waals surface area contributed by atoms with Gasteiger partial charge in [0.05, 0.1) is 7.11 Å². The number of carbonyl (C=O) groups is 1. The molecule has 4 heteroatoms. The summed E-state index contributed by atoms with van der Waals surface area (Å²) in [5, 5.41) is 11.2. The van der Waals surface area contributed by atoms with Crippen LogP contribution in [0.4, 0.5) is 0 Å². The number of benzene rings is 1. The SMILES string of the molecule is COc1c(C(C)C)cc2c(c1O)[C@@]13CCCC(C)(C)[C@@H]1C[C@@H]2OC3=O. The highest BCUT2D eigenvalue weighted by Crippen LogP contribution is 2.66. The molecule has 1 N–H and O–H groups in total. The zero-order valence-corrected chi connectivity index (χ0v) is 15.8. The molecule has 1 aromatic carbocycles. The van der Waals surface area contributed by atoms with E-state index in [1.165, 1.54) is 0 Å². The van der Waals surface area contributed by atoms with E-state index in [1.807, 2.05) is 0 Å². The van der Waals surface area contributed by atoms with Gasteiger partial charge < -0.3 is 14.6 Å². The number of aromatic hydroxyl groups is 1. The normalized spacial score (nSPS) is 32.2. The van der Waals surface area contributed by atoms with Gasteiger partial charge in [0.1, 0.15) is 11.5 Å². The highest BCUT2D eigenvalue weighted by Gasteiger charge is 2.65. The Hall–Kier alpha value is -1.71. The number of rotatable bonds is 2. The maximum absolute atomic E-state index is 13.1. The highest BCUT2D eigenvalue weighted by atomic mass is 16.5. The van der Waals surface area contributed by atoms with Gasteiger partial charge in [-0.3, -0.25) is 4.79 Å². The van der Waals surface area contributed by atoms with E-state index < -0.39 is 5.41 Å². The molecule has 1 spiro atoms. The second-order valence-corrected chi connectivity index (χ2v) is 8.96. The third kappa shape index (κ3) is 1.97. The Bertz CT molecular complexity index is 749. The number of esters is 1. The Morgan fingerprint density at radius 3 is 2.68 bits per heavy atom. The molecule has 1 saturated carbocycles. The van der Waals surface area contributed by atoms with Crippen molar-refractivity contribution in [3.63, 3.8) is 0 Å². The summed E-state index contributed by atoms with van der Waals surface area (Å²) in [5.74, 6) is 0.952. The van der Waals surface area contributed by atoms with E-state index in [0.717, 1.165) is 42.4 Å². The average molecular weight is 344 g/mol. The Morgan fingerprint density at radius 2 is 2.04 bits per heavy atom. The summed E-state index contributed by atoms with van der Waals surface area (Å²) in [6, 6.07) is 2.11. The molecular formula is C21H28O4.